The van der Waals surface area contributed by atoms with Gasteiger partial charge in [0.15, 0.2) is 0 Å². The summed E-state index contributed by atoms with van der Waals surface area (Å²) >= 11 is 11.9. The molecule has 1 N–H and O–H groups in total. The number of nitrogens with one attached hydrogen (secondary N) is 1. The monoisotopic (exact) mass is 327 g/mol. The summed E-state index contributed by atoms with van der Waals surface area (Å²) in [5.74, 6) is 0.109. The SMILES string of the molecule is CC(C)CNC(=O)Cn1cnc2c(Cl)cc(Cl)cc2c1=O. The number of rotatable bonds is 4. The maximum absolute atomic E-state index is 12.3. The Labute approximate surface area is 131 Å². The van der Waals surface area contributed by atoms with Gasteiger partial charge in [0, 0.05) is 11.6 Å². The van der Waals surface area contributed by atoms with Crippen LogP contribution >= 0.6 is 23.2 Å². The Morgan fingerprint density at radius 2 is 2.10 bits per heavy atom. The molecule has 2 aromatic rings. The number of aromatic nitrogens is 2. The average molecular weight is 328 g/mol. The molecule has 7 heteroatoms. The topological polar surface area (TPSA) is 64.0 Å². The second-order valence-corrected chi connectivity index (χ2v) is 6.00. The smallest absolute Gasteiger partial charge is 0.261 e. The lowest BCUT2D eigenvalue weighted by Crippen LogP contribution is -2.34. The summed E-state index contributed by atoms with van der Waals surface area (Å²) in [5.41, 5.74) is 0.0361. The fourth-order valence-electron chi connectivity index (χ4n) is 1.84. The molecule has 1 amide bonds. The van der Waals surface area contributed by atoms with Crippen molar-refractivity contribution in [1.82, 2.24) is 14.9 Å². The number of hydrogen-bond donors (Lipinski definition) is 1. The highest BCUT2D eigenvalue weighted by molar-refractivity contribution is 6.38. The number of hydrogen-bond acceptors (Lipinski definition) is 3. The highest BCUT2D eigenvalue weighted by atomic mass is 35.5. The summed E-state index contributed by atoms with van der Waals surface area (Å²) in [7, 11) is 0. The third kappa shape index (κ3) is 3.74. The molecule has 5 nitrogen and oxygen atoms in total. The Morgan fingerprint density at radius 1 is 1.38 bits per heavy atom. The minimum absolute atomic E-state index is 0.0847. The van der Waals surface area contributed by atoms with E-state index in [1.807, 2.05) is 13.8 Å². The predicted octanol–water partition coefficient (Wildman–Crippen LogP) is 2.48. The van der Waals surface area contributed by atoms with Crippen molar-refractivity contribution in [2.45, 2.75) is 20.4 Å². The molecule has 0 fully saturated rings. The lowest BCUT2D eigenvalue weighted by molar-refractivity contribution is -0.121. The molecule has 0 aliphatic rings. The summed E-state index contributed by atoms with van der Waals surface area (Å²) in [5, 5.41) is 3.71. The number of benzene rings is 1. The zero-order valence-electron chi connectivity index (χ0n) is 11.7. The van der Waals surface area contributed by atoms with Crippen LogP contribution in [0.5, 0.6) is 0 Å². The number of amides is 1. The number of fused-ring (bicyclic) bond motifs is 1. The van der Waals surface area contributed by atoms with Crippen LogP contribution in [-0.4, -0.2) is 22.0 Å². The van der Waals surface area contributed by atoms with E-state index in [0.29, 0.717) is 33.4 Å². The first-order valence-corrected chi connectivity index (χ1v) is 7.25. The predicted molar refractivity (Wildman–Crippen MR) is 83.9 cm³/mol. The van der Waals surface area contributed by atoms with Crippen molar-refractivity contribution >= 4 is 40.0 Å². The minimum atomic E-state index is -0.343. The molecule has 0 aliphatic carbocycles. The van der Waals surface area contributed by atoms with E-state index in [1.165, 1.54) is 23.0 Å². The molecule has 0 aliphatic heterocycles. The van der Waals surface area contributed by atoms with Crippen molar-refractivity contribution in [3.8, 4) is 0 Å². The molecule has 112 valence electrons. The van der Waals surface area contributed by atoms with Crippen LogP contribution in [0.2, 0.25) is 10.0 Å². The van der Waals surface area contributed by atoms with E-state index in [2.05, 4.69) is 10.3 Å². The van der Waals surface area contributed by atoms with Crippen LogP contribution in [0.25, 0.3) is 10.9 Å². The lowest BCUT2D eigenvalue weighted by atomic mass is 10.2. The maximum atomic E-state index is 12.3. The summed E-state index contributed by atoms with van der Waals surface area (Å²) in [4.78, 5) is 28.2. The van der Waals surface area contributed by atoms with Crippen molar-refractivity contribution in [3.63, 3.8) is 0 Å². The van der Waals surface area contributed by atoms with Crippen LogP contribution in [0.3, 0.4) is 0 Å². The molecule has 1 aromatic heterocycles. The Balaban J connectivity index is 2.32. The number of carbonyl (C=O) groups excluding carboxylic acids is 1. The van der Waals surface area contributed by atoms with E-state index < -0.39 is 0 Å². The van der Waals surface area contributed by atoms with Gasteiger partial charge >= 0.3 is 0 Å². The van der Waals surface area contributed by atoms with Crippen LogP contribution in [0.1, 0.15) is 13.8 Å². The van der Waals surface area contributed by atoms with E-state index in [0.717, 1.165) is 0 Å². The number of halogens is 2. The Bertz CT molecular complexity index is 741. The first-order valence-electron chi connectivity index (χ1n) is 6.49. The van der Waals surface area contributed by atoms with Crippen molar-refractivity contribution < 1.29 is 4.79 Å². The van der Waals surface area contributed by atoms with Crippen molar-refractivity contribution in [1.29, 1.82) is 0 Å². The molecular formula is C14H15Cl2N3O2. The van der Waals surface area contributed by atoms with Crippen LogP contribution in [0, 0.1) is 5.92 Å². The van der Waals surface area contributed by atoms with Gasteiger partial charge in [0.1, 0.15) is 6.54 Å². The quantitative estimate of drug-likeness (QED) is 0.938. The van der Waals surface area contributed by atoms with E-state index in [-0.39, 0.29) is 18.0 Å². The van der Waals surface area contributed by atoms with E-state index >= 15 is 0 Å². The first-order chi connectivity index (χ1) is 9.88. The van der Waals surface area contributed by atoms with Crippen molar-refractivity contribution in [2.24, 2.45) is 5.92 Å². The molecule has 1 aromatic carbocycles. The molecular weight excluding hydrogens is 313 g/mol. The molecule has 21 heavy (non-hydrogen) atoms. The van der Waals surface area contributed by atoms with Gasteiger partial charge in [-0.3, -0.25) is 14.2 Å². The molecule has 0 saturated heterocycles. The molecule has 1 heterocycles. The van der Waals surface area contributed by atoms with Crippen LogP contribution in [0.4, 0.5) is 0 Å². The van der Waals surface area contributed by atoms with Gasteiger partial charge in [-0.05, 0) is 18.1 Å². The summed E-state index contributed by atoms with van der Waals surface area (Å²) in [6.45, 7) is 4.47. The summed E-state index contributed by atoms with van der Waals surface area (Å²) < 4.78 is 1.24. The van der Waals surface area contributed by atoms with Gasteiger partial charge in [0.25, 0.3) is 5.56 Å². The second kappa shape index (κ2) is 6.45. The molecule has 0 unspecified atom stereocenters. The van der Waals surface area contributed by atoms with Crippen LogP contribution < -0.4 is 10.9 Å². The van der Waals surface area contributed by atoms with E-state index in [4.69, 9.17) is 23.2 Å². The van der Waals surface area contributed by atoms with Crippen molar-refractivity contribution in [3.05, 3.63) is 38.9 Å². The molecule has 0 saturated carbocycles. The third-order valence-electron chi connectivity index (χ3n) is 2.87. The second-order valence-electron chi connectivity index (χ2n) is 5.16. The van der Waals surface area contributed by atoms with Crippen LogP contribution in [0.15, 0.2) is 23.3 Å². The summed E-state index contributed by atoms with van der Waals surface area (Å²) in [6.07, 6.45) is 1.32. The molecule has 2 rings (SSSR count). The van der Waals surface area contributed by atoms with Gasteiger partial charge in [0.2, 0.25) is 5.91 Å². The van der Waals surface area contributed by atoms with Crippen molar-refractivity contribution in [2.75, 3.05) is 6.54 Å². The van der Waals surface area contributed by atoms with Gasteiger partial charge in [-0.25, -0.2) is 4.98 Å². The van der Waals surface area contributed by atoms with E-state index in [1.54, 1.807) is 0 Å². The van der Waals surface area contributed by atoms with Gasteiger partial charge in [-0.2, -0.15) is 0 Å². The van der Waals surface area contributed by atoms with Crippen LogP contribution in [-0.2, 0) is 11.3 Å². The molecule has 0 spiro atoms. The molecule has 0 radical (unpaired) electrons. The number of nitrogens with zero attached hydrogens (tertiary/aromatic N) is 2. The minimum Gasteiger partial charge on any atom is -0.354 e. The number of carbonyl (C=O) groups is 1. The third-order valence-corrected chi connectivity index (χ3v) is 3.37. The largest absolute Gasteiger partial charge is 0.354 e. The zero-order chi connectivity index (χ0) is 15.6. The highest BCUT2D eigenvalue weighted by Gasteiger charge is 2.11. The fraction of sp³-hybridized carbons (Fsp3) is 0.357. The Morgan fingerprint density at radius 3 is 2.76 bits per heavy atom. The van der Waals surface area contributed by atoms with E-state index in [9.17, 15) is 9.59 Å². The first kappa shape index (κ1) is 15.8. The fourth-order valence-corrected chi connectivity index (χ4v) is 2.38. The van der Waals surface area contributed by atoms with Gasteiger partial charge < -0.3 is 5.32 Å². The Hall–Kier alpha value is -1.59. The standard InChI is InChI=1S/C14H15Cl2N3O2/c1-8(2)5-17-12(20)6-19-7-18-13-10(14(19)21)3-9(15)4-11(13)16/h3-4,7-8H,5-6H2,1-2H3,(H,17,20). The lowest BCUT2D eigenvalue weighted by Gasteiger charge is -2.10. The zero-order valence-corrected chi connectivity index (χ0v) is 13.2. The normalized spacial score (nSPS) is 11.1. The maximum Gasteiger partial charge on any atom is 0.261 e. The highest BCUT2D eigenvalue weighted by Crippen LogP contribution is 2.23. The van der Waals surface area contributed by atoms with Gasteiger partial charge in [-0.15, -0.1) is 0 Å². The summed E-state index contributed by atoms with van der Waals surface area (Å²) in [6, 6.07) is 3.03. The van der Waals surface area contributed by atoms with Gasteiger partial charge in [0.05, 0.1) is 22.3 Å². The molecule has 0 bridgehead atoms. The average Bonchev–Trinajstić information content (AvgIpc) is 2.40. The molecule has 0 atom stereocenters. The van der Waals surface area contributed by atoms with Gasteiger partial charge in [-0.1, -0.05) is 37.0 Å². The Kier molecular flexibility index (Phi) is 4.85.